The van der Waals surface area contributed by atoms with Crippen molar-refractivity contribution in [1.29, 1.82) is 0 Å². The number of hydrogen-bond donors (Lipinski definition) is 1. The Morgan fingerprint density at radius 3 is 2.32 bits per heavy atom. The van der Waals surface area contributed by atoms with Crippen molar-refractivity contribution in [2.24, 2.45) is 0 Å². The van der Waals surface area contributed by atoms with Gasteiger partial charge in [0.05, 0.1) is 7.11 Å². The van der Waals surface area contributed by atoms with E-state index in [0.717, 1.165) is 6.54 Å². The zero-order chi connectivity index (χ0) is 14.3. The average Bonchev–Trinajstić information content (AvgIpc) is 2.65. The first-order valence-electron chi connectivity index (χ1n) is 7.58. The first-order valence-corrected chi connectivity index (χ1v) is 7.58. The number of esters is 1. The van der Waals surface area contributed by atoms with Crippen LogP contribution in [0.1, 0.15) is 52.4 Å². The lowest BCUT2D eigenvalue weighted by atomic mass is 10.1. The summed E-state index contributed by atoms with van der Waals surface area (Å²) in [5.74, 6) is -0.158. The quantitative estimate of drug-likeness (QED) is 0.593. The van der Waals surface area contributed by atoms with Crippen molar-refractivity contribution in [2.75, 3.05) is 20.7 Å². The Kier molecular flexibility index (Phi) is 7.39. The number of carbonyl (C=O) groups is 1. The van der Waals surface area contributed by atoms with Crippen LogP contribution in [0.5, 0.6) is 0 Å². The van der Waals surface area contributed by atoms with Gasteiger partial charge in [0.15, 0.2) is 0 Å². The van der Waals surface area contributed by atoms with Crippen LogP contribution in [-0.4, -0.2) is 49.7 Å². The molecular weight excluding hydrogens is 240 g/mol. The van der Waals surface area contributed by atoms with E-state index in [1.54, 1.807) is 0 Å². The third-order valence-electron chi connectivity index (χ3n) is 3.94. The second-order valence-electron chi connectivity index (χ2n) is 5.98. The Hall–Kier alpha value is -0.610. The largest absolute Gasteiger partial charge is 0.468 e. The number of rotatable bonds is 6. The minimum Gasteiger partial charge on any atom is -0.468 e. The third-order valence-corrected chi connectivity index (χ3v) is 3.94. The lowest BCUT2D eigenvalue weighted by molar-refractivity contribution is -0.144. The molecule has 1 aliphatic carbocycles. The molecule has 0 aliphatic heterocycles. The van der Waals surface area contributed by atoms with E-state index in [1.807, 2.05) is 0 Å². The van der Waals surface area contributed by atoms with E-state index in [-0.39, 0.29) is 18.1 Å². The molecule has 1 fully saturated rings. The van der Waals surface area contributed by atoms with Gasteiger partial charge in [-0.1, -0.05) is 39.5 Å². The van der Waals surface area contributed by atoms with E-state index < -0.39 is 0 Å². The molecule has 0 bridgehead atoms. The summed E-state index contributed by atoms with van der Waals surface area (Å²) in [6, 6.07) is 0.675. The maximum atomic E-state index is 11.8. The number of nitrogens with one attached hydrogen (secondary N) is 1. The molecule has 4 heteroatoms. The molecule has 112 valence electrons. The Balaban J connectivity index is 2.53. The Bertz CT molecular complexity index is 261. The molecular formula is C15H30N2O2. The highest BCUT2D eigenvalue weighted by molar-refractivity contribution is 5.75. The van der Waals surface area contributed by atoms with E-state index in [0.29, 0.717) is 6.04 Å². The summed E-state index contributed by atoms with van der Waals surface area (Å²) in [6.45, 7) is 4.85. The van der Waals surface area contributed by atoms with E-state index in [9.17, 15) is 4.79 Å². The molecule has 1 aliphatic rings. The number of hydrogen-bond acceptors (Lipinski definition) is 4. The molecule has 1 N–H and O–H groups in total. The molecule has 19 heavy (non-hydrogen) atoms. The first kappa shape index (κ1) is 16.4. The van der Waals surface area contributed by atoms with Gasteiger partial charge in [0, 0.05) is 18.6 Å². The third kappa shape index (κ3) is 5.91. The Labute approximate surface area is 117 Å². The van der Waals surface area contributed by atoms with E-state index >= 15 is 0 Å². The number of carbonyl (C=O) groups excluding carboxylic acids is 1. The van der Waals surface area contributed by atoms with E-state index in [1.165, 1.54) is 45.6 Å². The van der Waals surface area contributed by atoms with Gasteiger partial charge in [0.1, 0.15) is 6.04 Å². The second kappa shape index (κ2) is 8.54. The fourth-order valence-electron chi connectivity index (χ4n) is 2.88. The monoisotopic (exact) mass is 270 g/mol. The number of nitrogens with zero attached hydrogens (tertiary/aromatic N) is 1. The lowest BCUT2D eigenvalue weighted by Gasteiger charge is -2.31. The molecule has 0 spiro atoms. The van der Waals surface area contributed by atoms with Gasteiger partial charge in [0.2, 0.25) is 0 Å². The van der Waals surface area contributed by atoms with Crippen LogP contribution in [-0.2, 0) is 9.53 Å². The van der Waals surface area contributed by atoms with Gasteiger partial charge >= 0.3 is 5.97 Å². The van der Waals surface area contributed by atoms with Crippen LogP contribution in [0.25, 0.3) is 0 Å². The minimum atomic E-state index is -0.224. The van der Waals surface area contributed by atoms with Crippen molar-refractivity contribution in [1.82, 2.24) is 10.2 Å². The highest BCUT2D eigenvalue weighted by atomic mass is 16.5. The van der Waals surface area contributed by atoms with Crippen molar-refractivity contribution in [3.8, 4) is 0 Å². The van der Waals surface area contributed by atoms with Crippen LogP contribution in [0.4, 0.5) is 0 Å². The molecule has 0 radical (unpaired) electrons. The van der Waals surface area contributed by atoms with Crippen LogP contribution in [0.3, 0.4) is 0 Å². The highest BCUT2D eigenvalue weighted by Gasteiger charge is 2.25. The van der Waals surface area contributed by atoms with Gasteiger partial charge in [0.25, 0.3) is 0 Å². The molecule has 4 nitrogen and oxygen atoms in total. The van der Waals surface area contributed by atoms with Crippen molar-refractivity contribution >= 4 is 5.97 Å². The standard InChI is InChI=1S/C15H30N2O2/c1-12(2)16-14(15(18)19-4)11-17(3)13-9-7-5-6-8-10-13/h12-14,16H,5-11H2,1-4H3. The van der Waals surface area contributed by atoms with Crippen molar-refractivity contribution < 1.29 is 9.53 Å². The summed E-state index contributed by atoms with van der Waals surface area (Å²) in [6.07, 6.45) is 7.85. The van der Waals surface area contributed by atoms with E-state index in [4.69, 9.17) is 4.74 Å². The number of methoxy groups -OCH3 is 1. The first-order chi connectivity index (χ1) is 9.04. The summed E-state index contributed by atoms with van der Waals surface area (Å²) in [5.41, 5.74) is 0. The van der Waals surface area contributed by atoms with Crippen LogP contribution >= 0.6 is 0 Å². The summed E-state index contributed by atoms with van der Waals surface area (Å²) >= 11 is 0. The van der Waals surface area contributed by atoms with Gasteiger partial charge in [-0.15, -0.1) is 0 Å². The van der Waals surface area contributed by atoms with Gasteiger partial charge in [-0.2, -0.15) is 0 Å². The smallest absolute Gasteiger partial charge is 0.324 e. The second-order valence-corrected chi connectivity index (χ2v) is 5.98. The highest BCUT2D eigenvalue weighted by Crippen LogP contribution is 2.21. The number of ether oxygens (including phenoxy) is 1. The fourth-order valence-corrected chi connectivity index (χ4v) is 2.88. The SMILES string of the molecule is COC(=O)C(CN(C)C1CCCCCC1)NC(C)C. The normalized spacial score (nSPS) is 19.5. The van der Waals surface area contributed by atoms with Gasteiger partial charge in [-0.3, -0.25) is 4.79 Å². The van der Waals surface area contributed by atoms with Crippen molar-refractivity contribution in [2.45, 2.75) is 70.5 Å². The molecule has 1 unspecified atom stereocenters. The van der Waals surface area contributed by atoms with Crippen LogP contribution < -0.4 is 5.32 Å². The summed E-state index contributed by atoms with van der Waals surface area (Å²) in [5, 5.41) is 3.30. The van der Waals surface area contributed by atoms with Crippen LogP contribution in [0, 0.1) is 0 Å². The maximum Gasteiger partial charge on any atom is 0.324 e. The average molecular weight is 270 g/mol. The van der Waals surface area contributed by atoms with Gasteiger partial charge < -0.3 is 15.0 Å². The minimum absolute atomic E-state index is 0.158. The summed E-state index contributed by atoms with van der Waals surface area (Å²) < 4.78 is 4.90. The summed E-state index contributed by atoms with van der Waals surface area (Å²) in [7, 11) is 3.59. The number of likely N-dealkylation sites (N-methyl/N-ethyl adjacent to an activating group) is 1. The molecule has 0 aromatic rings. The van der Waals surface area contributed by atoms with Crippen molar-refractivity contribution in [3.05, 3.63) is 0 Å². The predicted octanol–water partition coefficient (Wildman–Crippen LogP) is 2.18. The predicted molar refractivity (Wildman–Crippen MR) is 78.2 cm³/mol. The van der Waals surface area contributed by atoms with Gasteiger partial charge in [-0.05, 0) is 19.9 Å². The van der Waals surface area contributed by atoms with Gasteiger partial charge in [-0.25, -0.2) is 0 Å². The molecule has 1 rings (SSSR count). The maximum absolute atomic E-state index is 11.8. The van der Waals surface area contributed by atoms with E-state index in [2.05, 4.69) is 31.1 Å². The Morgan fingerprint density at radius 2 is 1.84 bits per heavy atom. The Morgan fingerprint density at radius 1 is 1.26 bits per heavy atom. The van der Waals surface area contributed by atoms with Crippen LogP contribution in [0.15, 0.2) is 0 Å². The molecule has 1 saturated carbocycles. The molecule has 0 aromatic heterocycles. The van der Waals surface area contributed by atoms with Crippen molar-refractivity contribution in [3.63, 3.8) is 0 Å². The molecule has 0 amide bonds. The molecule has 0 saturated heterocycles. The molecule has 1 atom stereocenters. The molecule has 0 aromatic carbocycles. The topological polar surface area (TPSA) is 41.6 Å². The zero-order valence-corrected chi connectivity index (χ0v) is 12.9. The lowest BCUT2D eigenvalue weighted by Crippen LogP contribution is -2.50. The molecule has 0 heterocycles. The van der Waals surface area contributed by atoms with Crippen LogP contribution in [0.2, 0.25) is 0 Å². The summed E-state index contributed by atoms with van der Waals surface area (Å²) in [4.78, 5) is 14.2. The zero-order valence-electron chi connectivity index (χ0n) is 12.9. The fraction of sp³-hybridized carbons (Fsp3) is 0.933.